The lowest BCUT2D eigenvalue weighted by Crippen LogP contribution is -2.41. The molecule has 0 heterocycles. The van der Waals surface area contributed by atoms with Gasteiger partial charge in [-0.2, -0.15) is 0 Å². The first-order chi connectivity index (χ1) is 7.37. The van der Waals surface area contributed by atoms with Crippen molar-refractivity contribution < 1.29 is 8.42 Å². The van der Waals surface area contributed by atoms with Crippen LogP contribution in [0.2, 0.25) is 0 Å². The molecule has 0 aromatic carbocycles. The van der Waals surface area contributed by atoms with E-state index in [2.05, 4.69) is 23.9 Å². The SMILES string of the molecule is CCNS(=O)(=O)CCNC1CCCC1(C)C. The Labute approximate surface area is 99.2 Å². The van der Waals surface area contributed by atoms with E-state index in [1.165, 1.54) is 12.8 Å². The molecule has 2 N–H and O–H groups in total. The lowest BCUT2D eigenvalue weighted by Gasteiger charge is -2.27. The second kappa shape index (κ2) is 5.47. The third kappa shape index (κ3) is 4.03. The van der Waals surface area contributed by atoms with Gasteiger partial charge in [-0.1, -0.05) is 27.2 Å². The van der Waals surface area contributed by atoms with Gasteiger partial charge >= 0.3 is 0 Å². The van der Waals surface area contributed by atoms with Crippen molar-refractivity contribution in [2.24, 2.45) is 5.41 Å². The van der Waals surface area contributed by atoms with Crippen molar-refractivity contribution in [2.75, 3.05) is 18.8 Å². The fourth-order valence-corrected chi connectivity index (χ4v) is 3.34. The first-order valence-electron chi connectivity index (χ1n) is 6.08. The molecule has 1 atom stereocenters. The van der Waals surface area contributed by atoms with Gasteiger partial charge in [-0.15, -0.1) is 0 Å². The highest BCUT2D eigenvalue weighted by atomic mass is 32.2. The molecule has 1 rings (SSSR count). The van der Waals surface area contributed by atoms with E-state index < -0.39 is 10.0 Å². The number of nitrogens with one attached hydrogen (secondary N) is 2. The minimum atomic E-state index is -3.07. The van der Waals surface area contributed by atoms with Crippen LogP contribution in [0, 0.1) is 5.41 Å². The number of rotatable bonds is 6. The minimum Gasteiger partial charge on any atom is -0.312 e. The fraction of sp³-hybridized carbons (Fsp3) is 1.00. The standard InChI is InChI=1S/C11H24N2O2S/c1-4-13-16(14,15)9-8-12-10-6-5-7-11(10,2)3/h10,12-13H,4-9H2,1-3H3. The Balaban J connectivity index is 2.31. The third-order valence-corrected chi connectivity index (χ3v) is 4.85. The van der Waals surface area contributed by atoms with E-state index in [1.807, 2.05) is 0 Å². The van der Waals surface area contributed by atoms with E-state index in [1.54, 1.807) is 6.92 Å². The van der Waals surface area contributed by atoms with Gasteiger partial charge in [-0.25, -0.2) is 13.1 Å². The summed E-state index contributed by atoms with van der Waals surface area (Å²) in [6.07, 6.45) is 3.63. The molecule has 4 nitrogen and oxygen atoms in total. The molecule has 0 amide bonds. The van der Waals surface area contributed by atoms with Crippen LogP contribution in [0.15, 0.2) is 0 Å². The maximum absolute atomic E-state index is 11.4. The maximum Gasteiger partial charge on any atom is 0.212 e. The Kier molecular flexibility index (Phi) is 4.76. The van der Waals surface area contributed by atoms with Crippen molar-refractivity contribution in [3.63, 3.8) is 0 Å². The van der Waals surface area contributed by atoms with Gasteiger partial charge in [0.25, 0.3) is 0 Å². The van der Waals surface area contributed by atoms with Crippen LogP contribution in [0.4, 0.5) is 0 Å². The average molecular weight is 248 g/mol. The molecule has 1 aliphatic carbocycles. The summed E-state index contributed by atoms with van der Waals surface area (Å²) in [5.74, 6) is 0.174. The Morgan fingerprint density at radius 2 is 2.06 bits per heavy atom. The molecule has 16 heavy (non-hydrogen) atoms. The molecule has 1 aliphatic rings. The Morgan fingerprint density at radius 1 is 1.38 bits per heavy atom. The second-order valence-corrected chi connectivity index (χ2v) is 7.13. The van der Waals surface area contributed by atoms with Crippen LogP contribution in [-0.4, -0.2) is 33.3 Å². The van der Waals surface area contributed by atoms with E-state index in [0.29, 0.717) is 24.5 Å². The minimum absolute atomic E-state index is 0.174. The zero-order valence-electron chi connectivity index (χ0n) is 10.5. The second-order valence-electron chi connectivity index (χ2n) is 5.20. The molecule has 1 saturated carbocycles. The summed E-state index contributed by atoms with van der Waals surface area (Å²) in [5, 5.41) is 3.37. The molecule has 0 saturated heterocycles. The van der Waals surface area contributed by atoms with E-state index >= 15 is 0 Å². The van der Waals surface area contributed by atoms with Crippen molar-refractivity contribution in [3.8, 4) is 0 Å². The maximum atomic E-state index is 11.4. The Hall–Kier alpha value is -0.130. The highest BCUT2D eigenvalue weighted by molar-refractivity contribution is 7.89. The van der Waals surface area contributed by atoms with Crippen molar-refractivity contribution >= 4 is 10.0 Å². The molecule has 5 heteroatoms. The zero-order chi connectivity index (χ0) is 12.2. The summed E-state index contributed by atoms with van der Waals surface area (Å²) in [6, 6.07) is 0.462. The Bertz CT molecular complexity index is 312. The van der Waals surface area contributed by atoms with Gasteiger partial charge in [-0.05, 0) is 18.3 Å². The largest absolute Gasteiger partial charge is 0.312 e. The van der Waals surface area contributed by atoms with Crippen molar-refractivity contribution in [3.05, 3.63) is 0 Å². The monoisotopic (exact) mass is 248 g/mol. The predicted molar refractivity (Wildman–Crippen MR) is 66.9 cm³/mol. The first kappa shape index (κ1) is 13.9. The van der Waals surface area contributed by atoms with Crippen LogP contribution in [0.1, 0.15) is 40.0 Å². The van der Waals surface area contributed by atoms with Gasteiger partial charge in [0.15, 0.2) is 0 Å². The van der Waals surface area contributed by atoms with Crippen molar-refractivity contribution in [2.45, 2.75) is 46.1 Å². The molecule has 96 valence electrons. The molecular formula is C11H24N2O2S. The number of sulfonamides is 1. The van der Waals surface area contributed by atoms with E-state index in [4.69, 9.17) is 0 Å². The molecular weight excluding hydrogens is 224 g/mol. The Morgan fingerprint density at radius 3 is 2.56 bits per heavy atom. The van der Waals surface area contributed by atoms with Crippen LogP contribution in [0.3, 0.4) is 0 Å². The van der Waals surface area contributed by atoms with Crippen molar-refractivity contribution in [1.29, 1.82) is 0 Å². The van der Waals surface area contributed by atoms with Gasteiger partial charge in [-0.3, -0.25) is 0 Å². The topological polar surface area (TPSA) is 58.2 Å². The normalized spacial score (nSPS) is 24.8. The number of hydrogen-bond donors (Lipinski definition) is 2. The molecule has 0 aliphatic heterocycles. The first-order valence-corrected chi connectivity index (χ1v) is 7.73. The fourth-order valence-electron chi connectivity index (χ4n) is 2.36. The molecule has 0 aromatic rings. The van der Waals surface area contributed by atoms with Crippen LogP contribution < -0.4 is 10.0 Å². The van der Waals surface area contributed by atoms with Gasteiger partial charge in [0.1, 0.15) is 0 Å². The summed E-state index contributed by atoms with van der Waals surface area (Å²) in [5.41, 5.74) is 0.307. The van der Waals surface area contributed by atoms with Crippen LogP contribution >= 0.6 is 0 Å². The van der Waals surface area contributed by atoms with E-state index in [0.717, 1.165) is 6.42 Å². The summed E-state index contributed by atoms with van der Waals surface area (Å²) in [7, 11) is -3.07. The van der Waals surface area contributed by atoms with Crippen LogP contribution in [0.25, 0.3) is 0 Å². The highest BCUT2D eigenvalue weighted by Gasteiger charge is 2.33. The summed E-state index contributed by atoms with van der Waals surface area (Å²) in [4.78, 5) is 0. The lowest BCUT2D eigenvalue weighted by atomic mass is 9.87. The van der Waals surface area contributed by atoms with Gasteiger partial charge in [0.05, 0.1) is 5.75 Å². The molecule has 0 bridgehead atoms. The molecule has 0 aromatic heterocycles. The molecule has 0 spiro atoms. The molecule has 1 fully saturated rings. The van der Waals surface area contributed by atoms with Crippen LogP contribution in [0.5, 0.6) is 0 Å². The van der Waals surface area contributed by atoms with Gasteiger partial charge in [0.2, 0.25) is 10.0 Å². The van der Waals surface area contributed by atoms with Crippen molar-refractivity contribution in [1.82, 2.24) is 10.0 Å². The third-order valence-electron chi connectivity index (χ3n) is 3.38. The predicted octanol–water partition coefficient (Wildman–Crippen LogP) is 1.09. The molecule has 1 unspecified atom stereocenters. The van der Waals surface area contributed by atoms with Gasteiger partial charge < -0.3 is 5.32 Å². The highest BCUT2D eigenvalue weighted by Crippen LogP contribution is 2.36. The number of hydrogen-bond acceptors (Lipinski definition) is 3. The smallest absolute Gasteiger partial charge is 0.212 e. The molecule has 0 radical (unpaired) electrons. The summed E-state index contributed by atoms with van der Waals surface area (Å²) < 4.78 is 25.3. The quantitative estimate of drug-likeness (QED) is 0.740. The van der Waals surface area contributed by atoms with Gasteiger partial charge in [0, 0.05) is 19.1 Å². The lowest BCUT2D eigenvalue weighted by molar-refractivity contribution is 0.288. The van der Waals surface area contributed by atoms with E-state index in [-0.39, 0.29) is 5.75 Å². The summed E-state index contributed by atoms with van der Waals surface area (Å²) >= 11 is 0. The van der Waals surface area contributed by atoms with E-state index in [9.17, 15) is 8.42 Å². The zero-order valence-corrected chi connectivity index (χ0v) is 11.4. The average Bonchev–Trinajstić information content (AvgIpc) is 2.45. The summed E-state index contributed by atoms with van der Waals surface area (Å²) in [6.45, 7) is 7.30. The van der Waals surface area contributed by atoms with Crippen LogP contribution in [-0.2, 0) is 10.0 Å².